The lowest BCUT2D eigenvalue weighted by atomic mass is 10.4. The average Bonchev–Trinajstić information content (AvgIpc) is 2.26. The molecule has 0 N–H and O–H groups in total. The van der Waals surface area contributed by atoms with E-state index in [4.69, 9.17) is 0 Å². The Morgan fingerprint density at radius 2 is 2.23 bits per heavy atom. The summed E-state index contributed by atoms with van der Waals surface area (Å²) in [4.78, 5) is 20.0. The normalized spacial score (nSPS) is 10.0. The molecule has 0 bridgehead atoms. The quantitative estimate of drug-likeness (QED) is 0.517. The summed E-state index contributed by atoms with van der Waals surface area (Å²) in [6.45, 7) is 0. The number of carbonyl (C=O) groups is 1. The highest BCUT2D eigenvalue weighted by Crippen LogP contribution is 2.26. The summed E-state index contributed by atoms with van der Waals surface area (Å²) in [5, 5.41) is 24.1. The van der Waals surface area contributed by atoms with E-state index < -0.39 is 22.4 Å². The zero-order valence-corrected chi connectivity index (χ0v) is 7.94. The molecule has 1 heterocycles. The number of nitro groups is 1. The van der Waals surface area contributed by atoms with Crippen LogP contribution in [-0.4, -0.2) is 20.7 Å². The second-order valence-corrected chi connectivity index (χ2v) is 2.95. The molecule has 0 aliphatic heterocycles. The summed E-state index contributed by atoms with van der Waals surface area (Å²) in [7, 11) is 1.27. The van der Waals surface area contributed by atoms with Crippen LogP contribution in [0.3, 0.4) is 0 Å². The van der Waals surface area contributed by atoms with Crippen molar-refractivity contribution < 1.29 is 14.8 Å². The molecule has 0 fully saturated rings. The van der Waals surface area contributed by atoms with Crippen LogP contribution in [-0.2, 0) is 7.05 Å². The predicted molar refractivity (Wildman–Crippen MR) is 41.9 cm³/mol. The van der Waals surface area contributed by atoms with E-state index >= 15 is 0 Å². The molecule has 70 valence electrons. The van der Waals surface area contributed by atoms with Crippen LogP contribution in [0.2, 0.25) is 0 Å². The molecular formula is C5H3BrN3O4-. The van der Waals surface area contributed by atoms with Gasteiger partial charge in [0.25, 0.3) is 0 Å². The van der Waals surface area contributed by atoms with Crippen LogP contribution in [0.25, 0.3) is 0 Å². The van der Waals surface area contributed by atoms with E-state index in [1.165, 1.54) is 7.05 Å². The number of carbonyl (C=O) groups excluding carboxylic acids is 1. The van der Waals surface area contributed by atoms with E-state index in [9.17, 15) is 20.0 Å². The molecule has 0 amide bonds. The molecule has 13 heavy (non-hydrogen) atoms. The van der Waals surface area contributed by atoms with Gasteiger partial charge in [0.1, 0.15) is 11.5 Å². The Morgan fingerprint density at radius 1 is 1.69 bits per heavy atom. The highest BCUT2D eigenvalue weighted by molar-refractivity contribution is 9.10. The third-order valence-corrected chi connectivity index (χ3v) is 2.06. The van der Waals surface area contributed by atoms with Gasteiger partial charge in [0.05, 0.1) is 5.97 Å². The lowest BCUT2D eigenvalue weighted by molar-refractivity contribution is -0.393. The smallest absolute Gasteiger partial charge is 0.359 e. The summed E-state index contributed by atoms with van der Waals surface area (Å²) in [6, 6.07) is 0. The van der Waals surface area contributed by atoms with Crippen molar-refractivity contribution in [3.63, 3.8) is 0 Å². The van der Waals surface area contributed by atoms with Crippen LogP contribution in [0.15, 0.2) is 4.47 Å². The molecule has 1 aromatic rings. The zero-order valence-electron chi connectivity index (χ0n) is 6.35. The summed E-state index contributed by atoms with van der Waals surface area (Å²) in [5.74, 6) is -1.98. The molecule has 0 unspecified atom stereocenters. The number of carboxylic acids is 1. The van der Waals surface area contributed by atoms with Crippen molar-refractivity contribution in [3.05, 3.63) is 20.3 Å². The SMILES string of the molecule is Cn1nc(C(=O)[O-])c(Br)c1[N+](=O)[O-]. The largest absolute Gasteiger partial charge is 0.543 e. The molecule has 1 aromatic heterocycles. The van der Waals surface area contributed by atoms with Crippen LogP contribution in [0.5, 0.6) is 0 Å². The van der Waals surface area contributed by atoms with Crippen LogP contribution in [0.4, 0.5) is 5.82 Å². The van der Waals surface area contributed by atoms with Gasteiger partial charge in [0.15, 0.2) is 5.69 Å². The first-order chi connectivity index (χ1) is 5.95. The van der Waals surface area contributed by atoms with Gasteiger partial charge >= 0.3 is 5.82 Å². The van der Waals surface area contributed by atoms with Gasteiger partial charge in [0, 0.05) is 0 Å². The van der Waals surface area contributed by atoms with Gasteiger partial charge in [0.2, 0.25) is 0 Å². The Kier molecular flexibility index (Phi) is 2.32. The Balaban J connectivity index is 3.39. The molecule has 0 saturated heterocycles. The second-order valence-electron chi connectivity index (χ2n) is 2.15. The van der Waals surface area contributed by atoms with Crippen molar-refractivity contribution in [2.24, 2.45) is 7.05 Å². The molecule has 7 nitrogen and oxygen atoms in total. The number of hydrogen-bond acceptors (Lipinski definition) is 5. The highest BCUT2D eigenvalue weighted by atomic mass is 79.9. The van der Waals surface area contributed by atoms with Crippen LogP contribution in [0, 0.1) is 10.1 Å². The molecule has 0 aromatic carbocycles. The average molecular weight is 249 g/mol. The van der Waals surface area contributed by atoms with Crippen LogP contribution >= 0.6 is 15.9 Å². The molecule has 0 atom stereocenters. The maximum absolute atomic E-state index is 10.4. The Morgan fingerprint density at radius 3 is 2.46 bits per heavy atom. The number of aromatic nitrogens is 2. The minimum atomic E-state index is -1.56. The van der Waals surface area contributed by atoms with Gasteiger partial charge in [-0.2, -0.15) is 0 Å². The lowest BCUT2D eigenvalue weighted by Crippen LogP contribution is -2.23. The summed E-state index contributed by atoms with van der Waals surface area (Å²) >= 11 is 2.76. The van der Waals surface area contributed by atoms with Crippen molar-refractivity contribution in [2.75, 3.05) is 0 Å². The number of aromatic carboxylic acids is 1. The van der Waals surface area contributed by atoms with E-state index in [-0.39, 0.29) is 4.47 Å². The molecule has 0 aliphatic rings. The maximum Gasteiger partial charge on any atom is 0.359 e. The van der Waals surface area contributed by atoms with E-state index in [1.807, 2.05) is 0 Å². The Labute approximate surface area is 80.2 Å². The minimum Gasteiger partial charge on any atom is -0.543 e. The predicted octanol–water partition coefficient (Wildman–Crippen LogP) is -0.546. The standard InChI is InChI=1S/C5H4BrN3O4/c1-8-4(9(12)13)2(6)3(7-8)5(10)11/h1H3,(H,10,11)/p-1. The number of halogens is 1. The molecule has 0 spiro atoms. The van der Waals surface area contributed by atoms with Gasteiger partial charge in [-0.1, -0.05) is 5.10 Å². The molecule has 0 saturated carbocycles. The van der Waals surface area contributed by atoms with E-state index in [0.29, 0.717) is 0 Å². The third kappa shape index (κ3) is 1.52. The van der Waals surface area contributed by atoms with Gasteiger partial charge in [-0.25, -0.2) is 0 Å². The van der Waals surface area contributed by atoms with Crippen LogP contribution in [0.1, 0.15) is 10.5 Å². The molecule has 0 aliphatic carbocycles. The Bertz CT molecular complexity index is 385. The summed E-state index contributed by atoms with van der Waals surface area (Å²) in [6.07, 6.45) is 0. The monoisotopic (exact) mass is 248 g/mol. The van der Waals surface area contributed by atoms with E-state index in [2.05, 4.69) is 21.0 Å². The van der Waals surface area contributed by atoms with Crippen molar-refractivity contribution in [1.29, 1.82) is 0 Å². The number of carboxylic acid groups (broad SMARTS) is 1. The first-order valence-electron chi connectivity index (χ1n) is 3.03. The minimum absolute atomic E-state index is 0.181. The molecular weight excluding hydrogens is 246 g/mol. The maximum atomic E-state index is 10.4. The second kappa shape index (κ2) is 3.13. The molecule has 1 rings (SSSR count). The van der Waals surface area contributed by atoms with Crippen molar-refractivity contribution in [1.82, 2.24) is 9.78 Å². The first kappa shape index (κ1) is 9.65. The number of hydrogen-bond donors (Lipinski definition) is 0. The van der Waals surface area contributed by atoms with Crippen molar-refractivity contribution >= 4 is 27.7 Å². The van der Waals surface area contributed by atoms with Crippen LogP contribution < -0.4 is 5.11 Å². The fourth-order valence-electron chi connectivity index (χ4n) is 0.818. The van der Waals surface area contributed by atoms with Gasteiger partial charge in [-0.3, -0.25) is 0 Å². The molecule has 0 radical (unpaired) electrons. The van der Waals surface area contributed by atoms with E-state index in [1.54, 1.807) is 0 Å². The van der Waals surface area contributed by atoms with Gasteiger partial charge in [-0.05, 0) is 20.9 Å². The third-order valence-electron chi connectivity index (χ3n) is 1.33. The summed E-state index contributed by atoms with van der Waals surface area (Å²) < 4.78 is 0.676. The zero-order chi connectivity index (χ0) is 10.2. The summed E-state index contributed by atoms with van der Waals surface area (Å²) in [5.41, 5.74) is -0.478. The number of rotatable bonds is 2. The first-order valence-corrected chi connectivity index (χ1v) is 3.82. The fourth-order valence-corrected chi connectivity index (χ4v) is 1.46. The fraction of sp³-hybridized carbons (Fsp3) is 0.200. The van der Waals surface area contributed by atoms with E-state index in [0.717, 1.165) is 4.68 Å². The van der Waals surface area contributed by atoms with Crippen molar-refractivity contribution in [3.8, 4) is 0 Å². The van der Waals surface area contributed by atoms with Crippen molar-refractivity contribution in [2.45, 2.75) is 0 Å². The number of nitrogens with zero attached hydrogens (tertiary/aromatic N) is 3. The Hall–Kier alpha value is -1.44. The highest BCUT2D eigenvalue weighted by Gasteiger charge is 2.23. The van der Waals surface area contributed by atoms with Gasteiger partial charge < -0.3 is 20.0 Å². The number of aryl methyl sites for hydroxylation is 1. The van der Waals surface area contributed by atoms with Gasteiger partial charge in [-0.15, -0.1) is 4.68 Å². The topological polar surface area (TPSA) is 101 Å². The lowest BCUT2D eigenvalue weighted by Gasteiger charge is -1.93. The molecule has 8 heteroatoms.